The van der Waals surface area contributed by atoms with Gasteiger partial charge in [-0.15, -0.1) is 0 Å². The number of aliphatic imine (C=N–C) groups is 1. The molecule has 0 amide bonds. The van der Waals surface area contributed by atoms with Gasteiger partial charge in [-0.05, 0) is 43.4 Å². The third-order valence-electron chi connectivity index (χ3n) is 6.20. The molecule has 0 saturated carbocycles. The minimum atomic E-state index is -0.546. The molecular formula is C24H37N7O. The summed E-state index contributed by atoms with van der Waals surface area (Å²) in [6, 6.07) is 8.17. The van der Waals surface area contributed by atoms with Gasteiger partial charge in [0.1, 0.15) is 5.82 Å². The Morgan fingerprint density at radius 2 is 1.78 bits per heavy atom. The lowest BCUT2D eigenvalue weighted by molar-refractivity contribution is 0.101. The highest BCUT2D eigenvalue weighted by atomic mass is 16.6. The van der Waals surface area contributed by atoms with E-state index in [9.17, 15) is 0 Å². The Morgan fingerprint density at radius 1 is 1.19 bits per heavy atom. The Balaban J connectivity index is 2.22. The maximum Gasteiger partial charge on any atom is 0.218 e. The number of allylic oxidation sites excluding steroid dienone is 1. The van der Waals surface area contributed by atoms with Gasteiger partial charge in [0.25, 0.3) is 0 Å². The van der Waals surface area contributed by atoms with Crippen LogP contribution in [0, 0.1) is 5.92 Å². The Kier molecular flexibility index (Phi) is 8.48. The molecule has 8 nitrogen and oxygen atoms in total. The van der Waals surface area contributed by atoms with E-state index in [1.807, 2.05) is 29.2 Å². The number of nitrogens with two attached hydrogens (primary N) is 4. The number of hydrogen-bond acceptors (Lipinski definition) is 7. The van der Waals surface area contributed by atoms with Crippen LogP contribution in [0.15, 0.2) is 65.5 Å². The van der Waals surface area contributed by atoms with Gasteiger partial charge in [0.05, 0.1) is 5.41 Å². The number of rotatable bonds is 9. The zero-order chi connectivity index (χ0) is 23.9. The van der Waals surface area contributed by atoms with Crippen molar-refractivity contribution >= 4 is 17.6 Å². The second-order valence-electron chi connectivity index (χ2n) is 8.59. The zero-order valence-corrected chi connectivity index (χ0v) is 19.4. The molecule has 1 unspecified atom stereocenters. The lowest BCUT2D eigenvalue weighted by Gasteiger charge is -2.34. The van der Waals surface area contributed by atoms with Gasteiger partial charge in [-0.3, -0.25) is 0 Å². The smallest absolute Gasteiger partial charge is 0.218 e. The molecule has 32 heavy (non-hydrogen) atoms. The number of piperidine rings is 1. The van der Waals surface area contributed by atoms with Gasteiger partial charge >= 0.3 is 0 Å². The van der Waals surface area contributed by atoms with Crippen LogP contribution < -0.4 is 22.9 Å². The first kappa shape index (κ1) is 25.0. The predicted octanol–water partition coefficient (Wildman–Crippen LogP) is 2.58. The second-order valence-corrected chi connectivity index (χ2v) is 8.59. The number of benzene rings is 1. The van der Waals surface area contributed by atoms with E-state index in [1.54, 1.807) is 6.21 Å². The summed E-state index contributed by atoms with van der Waals surface area (Å²) in [7, 11) is 0. The van der Waals surface area contributed by atoms with Crippen molar-refractivity contribution in [3.63, 3.8) is 0 Å². The molecule has 1 fully saturated rings. The lowest BCUT2D eigenvalue weighted by Crippen LogP contribution is -2.43. The summed E-state index contributed by atoms with van der Waals surface area (Å²) in [5.41, 5.74) is 25.8. The van der Waals surface area contributed by atoms with Gasteiger partial charge in [-0.2, -0.15) is 0 Å². The van der Waals surface area contributed by atoms with Crippen LogP contribution in [0.2, 0.25) is 0 Å². The Morgan fingerprint density at radius 3 is 2.28 bits per heavy atom. The summed E-state index contributed by atoms with van der Waals surface area (Å²) in [4.78, 5) is 11.7. The Hall–Kier alpha value is -3.26. The van der Waals surface area contributed by atoms with Crippen LogP contribution in [0.4, 0.5) is 0 Å². The van der Waals surface area contributed by atoms with E-state index in [0.717, 1.165) is 42.6 Å². The van der Waals surface area contributed by atoms with E-state index < -0.39 is 5.41 Å². The van der Waals surface area contributed by atoms with E-state index >= 15 is 0 Å². The normalized spacial score (nSPS) is 18.1. The summed E-state index contributed by atoms with van der Waals surface area (Å²) in [6.45, 7) is 15.4. The van der Waals surface area contributed by atoms with E-state index in [0.29, 0.717) is 11.7 Å². The summed E-state index contributed by atoms with van der Waals surface area (Å²) in [5.74, 6) is 1.24. The average Bonchev–Trinajstić information content (AvgIpc) is 2.77. The first-order chi connectivity index (χ1) is 15.1. The fourth-order valence-electron chi connectivity index (χ4n) is 3.56. The van der Waals surface area contributed by atoms with Crippen LogP contribution in [-0.2, 0) is 10.3 Å². The van der Waals surface area contributed by atoms with E-state index in [1.165, 1.54) is 6.20 Å². The van der Waals surface area contributed by atoms with Crippen molar-refractivity contribution in [1.29, 1.82) is 0 Å². The van der Waals surface area contributed by atoms with E-state index in [2.05, 4.69) is 44.1 Å². The van der Waals surface area contributed by atoms with Crippen LogP contribution in [0.5, 0.6) is 0 Å². The van der Waals surface area contributed by atoms with Crippen molar-refractivity contribution in [2.24, 2.45) is 39.0 Å². The number of likely N-dealkylation sites (tertiary alicyclic amines) is 1. The quantitative estimate of drug-likeness (QED) is 0.202. The Labute approximate surface area is 191 Å². The molecule has 1 aromatic carbocycles. The van der Waals surface area contributed by atoms with Gasteiger partial charge in [-0.1, -0.05) is 49.8 Å². The van der Waals surface area contributed by atoms with Crippen LogP contribution in [0.25, 0.3) is 5.57 Å². The molecule has 0 radical (unpaired) electrons. The third-order valence-corrected chi connectivity index (χ3v) is 6.20. The van der Waals surface area contributed by atoms with Crippen molar-refractivity contribution < 1.29 is 4.84 Å². The first-order valence-electron chi connectivity index (χ1n) is 10.8. The summed E-state index contributed by atoms with van der Waals surface area (Å²) < 4.78 is 0. The van der Waals surface area contributed by atoms with Crippen LogP contribution in [-0.4, -0.2) is 36.1 Å². The molecule has 1 heterocycles. The predicted molar refractivity (Wildman–Crippen MR) is 133 cm³/mol. The minimum Gasteiger partial charge on any atom is -0.404 e. The molecule has 0 aliphatic carbocycles. The third kappa shape index (κ3) is 5.91. The molecule has 0 aromatic heterocycles. The highest BCUT2D eigenvalue weighted by molar-refractivity contribution is 6.09. The molecule has 1 aromatic rings. The van der Waals surface area contributed by atoms with Crippen molar-refractivity contribution in [1.82, 2.24) is 4.90 Å². The average molecular weight is 440 g/mol. The topological polar surface area (TPSA) is 141 Å². The van der Waals surface area contributed by atoms with Crippen molar-refractivity contribution in [2.45, 2.75) is 45.1 Å². The molecule has 0 spiro atoms. The zero-order valence-electron chi connectivity index (χ0n) is 19.4. The number of amidine groups is 1. The van der Waals surface area contributed by atoms with Crippen LogP contribution in [0.1, 0.15) is 44.7 Å². The highest BCUT2D eigenvalue weighted by Gasteiger charge is 2.35. The molecule has 8 heteroatoms. The first-order valence-corrected chi connectivity index (χ1v) is 10.8. The molecule has 1 saturated heterocycles. The molecule has 0 bridgehead atoms. The Bertz CT molecular complexity index is 893. The van der Waals surface area contributed by atoms with E-state index in [-0.39, 0.29) is 17.8 Å². The molecule has 1 aliphatic rings. The van der Waals surface area contributed by atoms with E-state index in [4.69, 9.17) is 27.8 Å². The minimum absolute atomic E-state index is 0.161. The number of oxime groups is 1. The molecule has 174 valence electrons. The lowest BCUT2D eigenvalue weighted by atomic mass is 9.72. The van der Waals surface area contributed by atoms with Gasteiger partial charge in [0.15, 0.2) is 5.84 Å². The SMILES string of the molecule is C=C(N)N=C/C(=C\N)c1ccc(C(C)(/C(N)=N/OC(=C)N2CCC(N)CC2)C(C)C)cc1. The summed E-state index contributed by atoms with van der Waals surface area (Å²) >= 11 is 0. The maximum atomic E-state index is 6.46. The fourth-order valence-corrected chi connectivity index (χ4v) is 3.56. The van der Waals surface area contributed by atoms with Gasteiger partial charge in [0.2, 0.25) is 5.88 Å². The maximum absolute atomic E-state index is 6.46. The van der Waals surface area contributed by atoms with Crippen molar-refractivity contribution in [3.05, 3.63) is 66.5 Å². The van der Waals surface area contributed by atoms with Gasteiger partial charge in [-0.25, -0.2) is 4.99 Å². The molecule has 8 N–H and O–H groups in total. The number of hydrogen-bond donors (Lipinski definition) is 4. The summed E-state index contributed by atoms with van der Waals surface area (Å²) in [6.07, 6.45) is 4.87. The largest absolute Gasteiger partial charge is 0.404 e. The van der Waals surface area contributed by atoms with Gasteiger partial charge < -0.3 is 32.7 Å². The standard InChI is InChI=1S/C24H37N7O/c1-16(2)24(5,23(28)30-32-18(4)31-12-10-22(27)11-13-31)21-8-6-19(7-9-21)20(14-25)15-29-17(3)26/h6-9,14-16,22H,3-4,10-13,25-27H2,1-2,5H3,(H2,28,30)/b20-14+,29-15?. The highest BCUT2D eigenvalue weighted by Crippen LogP contribution is 2.33. The van der Waals surface area contributed by atoms with Crippen LogP contribution in [0.3, 0.4) is 0 Å². The van der Waals surface area contributed by atoms with Crippen molar-refractivity contribution in [3.8, 4) is 0 Å². The number of nitrogens with zero attached hydrogens (tertiary/aromatic N) is 3. The second kappa shape index (κ2) is 10.9. The molecule has 1 aliphatic heterocycles. The molecular weight excluding hydrogens is 402 g/mol. The van der Waals surface area contributed by atoms with Gasteiger partial charge in [0, 0.05) is 37.1 Å². The van der Waals surface area contributed by atoms with Crippen LogP contribution >= 0.6 is 0 Å². The monoisotopic (exact) mass is 439 g/mol. The fraction of sp³-hybridized carbons (Fsp3) is 0.417. The molecule has 2 rings (SSSR count). The summed E-state index contributed by atoms with van der Waals surface area (Å²) in [5, 5.41) is 4.26. The molecule has 1 atom stereocenters. The van der Waals surface area contributed by atoms with Crippen molar-refractivity contribution in [2.75, 3.05) is 13.1 Å².